The molecular weight excluding hydrogens is 346 g/mol. The van der Waals surface area contributed by atoms with Gasteiger partial charge >= 0.3 is 5.69 Å². The number of hydrogen-bond donors (Lipinski definition) is 4. The molecule has 27 heavy (non-hydrogen) atoms. The van der Waals surface area contributed by atoms with Crippen LogP contribution >= 0.6 is 0 Å². The number of nitrogens with one attached hydrogen (secondary N) is 3. The van der Waals surface area contributed by atoms with Crippen LogP contribution in [0.1, 0.15) is 18.9 Å². The van der Waals surface area contributed by atoms with Gasteiger partial charge in [-0.3, -0.25) is 15.3 Å². The number of H-pyrrole nitrogens is 2. The first-order chi connectivity index (χ1) is 13.2. The summed E-state index contributed by atoms with van der Waals surface area (Å²) >= 11 is 0. The van der Waals surface area contributed by atoms with Crippen LogP contribution in [0.5, 0.6) is 0 Å². The lowest BCUT2D eigenvalue weighted by Gasteiger charge is -2.34. The average molecular weight is 365 g/mol. The van der Waals surface area contributed by atoms with Crippen molar-refractivity contribution in [3.63, 3.8) is 0 Å². The van der Waals surface area contributed by atoms with E-state index in [-0.39, 0.29) is 11.7 Å². The van der Waals surface area contributed by atoms with Gasteiger partial charge in [0, 0.05) is 24.7 Å². The topological polar surface area (TPSA) is 115 Å². The summed E-state index contributed by atoms with van der Waals surface area (Å²) in [5, 5.41) is 9.90. The molecule has 5 heterocycles. The van der Waals surface area contributed by atoms with E-state index in [4.69, 9.17) is 5.21 Å². The first-order valence-corrected chi connectivity index (χ1v) is 8.92. The van der Waals surface area contributed by atoms with Gasteiger partial charge in [-0.15, -0.1) is 0 Å². The molecule has 1 aliphatic heterocycles. The molecule has 138 valence electrons. The maximum Gasteiger partial charge on any atom is 0.326 e. The van der Waals surface area contributed by atoms with Crippen molar-refractivity contribution in [1.82, 2.24) is 24.5 Å². The fraction of sp³-hybridized carbons (Fsp3) is 0.278. The summed E-state index contributed by atoms with van der Waals surface area (Å²) in [4.78, 5) is 29.7. The van der Waals surface area contributed by atoms with Gasteiger partial charge in [0.15, 0.2) is 0 Å². The van der Waals surface area contributed by atoms with Crippen LogP contribution in [0.3, 0.4) is 0 Å². The number of pyridine rings is 2. The Labute approximate surface area is 153 Å². The van der Waals surface area contributed by atoms with Gasteiger partial charge in [0.1, 0.15) is 11.5 Å². The normalized spacial score (nSPS) is 17.7. The third kappa shape index (κ3) is 2.55. The van der Waals surface area contributed by atoms with Crippen LogP contribution in [0.25, 0.3) is 22.1 Å². The summed E-state index contributed by atoms with van der Waals surface area (Å²) in [7, 11) is 0. The average Bonchev–Trinajstić information content (AvgIpc) is 3.31. The Bertz CT molecular complexity index is 1160. The van der Waals surface area contributed by atoms with Crippen molar-refractivity contribution in [3.8, 4) is 0 Å². The molecule has 1 saturated heterocycles. The summed E-state index contributed by atoms with van der Waals surface area (Å²) in [5.74, 6) is 0.833. The van der Waals surface area contributed by atoms with E-state index in [2.05, 4.69) is 30.3 Å². The molecule has 0 bridgehead atoms. The van der Waals surface area contributed by atoms with Gasteiger partial charge in [-0.05, 0) is 31.0 Å². The zero-order valence-electron chi connectivity index (χ0n) is 14.5. The molecule has 9 heteroatoms. The number of fused-ring (bicyclic) bond motifs is 3. The van der Waals surface area contributed by atoms with E-state index in [1.807, 2.05) is 22.9 Å². The molecule has 0 aromatic carbocycles. The third-order valence-electron chi connectivity index (χ3n) is 5.22. The van der Waals surface area contributed by atoms with Crippen molar-refractivity contribution in [2.75, 3.05) is 23.5 Å². The molecule has 0 spiro atoms. The van der Waals surface area contributed by atoms with Crippen LogP contribution in [0.4, 0.5) is 11.5 Å². The van der Waals surface area contributed by atoms with Crippen molar-refractivity contribution >= 4 is 33.6 Å². The molecule has 0 saturated carbocycles. The van der Waals surface area contributed by atoms with Gasteiger partial charge in [-0.2, -0.15) is 0 Å². The van der Waals surface area contributed by atoms with Crippen LogP contribution < -0.4 is 16.1 Å². The van der Waals surface area contributed by atoms with E-state index < -0.39 is 0 Å². The number of piperidine rings is 1. The molecule has 4 aromatic heterocycles. The first kappa shape index (κ1) is 15.9. The molecule has 4 aromatic rings. The van der Waals surface area contributed by atoms with Crippen molar-refractivity contribution < 1.29 is 5.21 Å². The predicted octanol–water partition coefficient (Wildman–Crippen LogP) is 2.24. The lowest BCUT2D eigenvalue weighted by atomic mass is 10.0. The monoisotopic (exact) mass is 365 g/mol. The van der Waals surface area contributed by atoms with Gasteiger partial charge in [0.2, 0.25) is 0 Å². The van der Waals surface area contributed by atoms with Crippen LogP contribution in [0.15, 0.2) is 41.6 Å². The highest BCUT2D eigenvalue weighted by Crippen LogP contribution is 2.29. The summed E-state index contributed by atoms with van der Waals surface area (Å²) in [6.07, 6.45) is 7.02. The second-order valence-electron chi connectivity index (χ2n) is 6.82. The summed E-state index contributed by atoms with van der Waals surface area (Å²) in [6, 6.07) is 5.64. The van der Waals surface area contributed by atoms with E-state index in [0.29, 0.717) is 12.2 Å². The quantitative estimate of drug-likeness (QED) is 0.414. The SMILES string of the molecule is O=c1[nH]c2cnc3[nH]ccc3c2n1C1CCCN(c2ccc(NO)cn2)C1. The molecular formula is C18H19N7O2. The first-order valence-electron chi connectivity index (χ1n) is 8.92. The molecule has 9 nitrogen and oxygen atoms in total. The van der Waals surface area contributed by atoms with Crippen molar-refractivity contribution in [2.45, 2.75) is 18.9 Å². The smallest absolute Gasteiger partial charge is 0.326 e. The summed E-state index contributed by atoms with van der Waals surface area (Å²) < 4.78 is 1.86. The Balaban J connectivity index is 1.55. The fourth-order valence-electron chi connectivity index (χ4n) is 3.98. The minimum atomic E-state index is -0.111. The lowest BCUT2D eigenvalue weighted by molar-refractivity contribution is 0.388. The number of anilines is 2. The number of hydrogen-bond acceptors (Lipinski definition) is 6. The Kier molecular flexibility index (Phi) is 3.61. The standard InChI is InChI=1S/C18H19N7O2/c26-18-22-14-9-21-17-13(5-6-19-17)16(14)25(18)12-2-1-7-24(10-12)15-4-3-11(23-27)8-20-15/h3-6,8-9,12,23,27H,1-2,7,10H2,(H,19,21)(H,22,26). The molecule has 0 amide bonds. The largest absolute Gasteiger partial charge is 0.355 e. The van der Waals surface area contributed by atoms with E-state index in [0.717, 1.165) is 47.3 Å². The fourth-order valence-corrected chi connectivity index (χ4v) is 3.98. The number of nitrogens with zero attached hydrogens (tertiary/aromatic N) is 4. The Morgan fingerprint density at radius 3 is 2.96 bits per heavy atom. The molecule has 1 atom stereocenters. The molecule has 0 radical (unpaired) electrons. The summed E-state index contributed by atoms with van der Waals surface area (Å²) in [5.41, 5.74) is 4.94. The number of aromatic amines is 2. The van der Waals surface area contributed by atoms with Crippen molar-refractivity contribution in [3.05, 3.63) is 47.3 Å². The van der Waals surface area contributed by atoms with E-state index >= 15 is 0 Å². The van der Waals surface area contributed by atoms with Gasteiger partial charge in [-0.1, -0.05) is 0 Å². The Morgan fingerprint density at radius 1 is 1.22 bits per heavy atom. The van der Waals surface area contributed by atoms with Gasteiger partial charge < -0.3 is 14.9 Å². The molecule has 0 aliphatic carbocycles. The minimum Gasteiger partial charge on any atom is -0.355 e. The van der Waals surface area contributed by atoms with Crippen LogP contribution in [0, 0.1) is 0 Å². The highest BCUT2D eigenvalue weighted by molar-refractivity contribution is 6.00. The maximum atomic E-state index is 12.7. The Morgan fingerprint density at radius 2 is 2.15 bits per heavy atom. The second-order valence-corrected chi connectivity index (χ2v) is 6.82. The molecule has 4 N–H and O–H groups in total. The number of aromatic nitrogens is 5. The van der Waals surface area contributed by atoms with Crippen LogP contribution in [-0.2, 0) is 0 Å². The minimum absolute atomic E-state index is 0.0398. The molecule has 1 unspecified atom stereocenters. The second kappa shape index (κ2) is 6.13. The maximum absolute atomic E-state index is 12.7. The molecule has 5 rings (SSSR count). The third-order valence-corrected chi connectivity index (χ3v) is 5.22. The van der Waals surface area contributed by atoms with Crippen molar-refractivity contribution in [2.24, 2.45) is 0 Å². The molecule has 1 fully saturated rings. The highest BCUT2D eigenvalue weighted by Gasteiger charge is 2.26. The van der Waals surface area contributed by atoms with Gasteiger partial charge in [-0.25, -0.2) is 14.8 Å². The zero-order valence-corrected chi connectivity index (χ0v) is 14.5. The van der Waals surface area contributed by atoms with E-state index in [1.54, 1.807) is 18.5 Å². The lowest BCUT2D eigenvalue weighted by Crippen LogP contribution is -2.39. The highest BCUT2D eigenvalue weighted by atomic mass is 16.5. The summed E-state index contributed by atoms with van der Waals surface area (Å²) in [6.45, 7) is 1.58. The predicted molar refractivity (Wildman–Crippen MR) is 102 cm³/mol. The number of imidazole rings is 1. The van der Waals surface area contributed by atoms with Crippen LogP contribution in [0.2, 0.25) is 0 Å². The van der Waals surface area contributed by atoms with Crippen LogP contribution in [-0.4, -0.2) is 42.8 Å². The van der Waals surface area contributed by atoms with Gasteiger partial charge in [0.05, 0.1) is 35.2 Å². The zero-order chi connectivity index (χ0) is 18.4. The van der Waals surface area contributed by atoms with E-state index in [1.165, 1.54) is 0 Å². The van der Waals surface area contributed by atoms with E-state index in [9.17, 15) is 4.79 Å². The Hall–Kier alpha value is -3.33. The molecule has 1 aliphatic rings. The van der Waals surface area contributed by atoms with Crippen molar-refractivity contribution in [1.29, 1.82) is 0 Å². The van der Waals surface area contributed by atoms with Gasteiger partial charge in [0.25, 0.3) is 0 Å². The number of rotatable bonds is 3.